The molecule has 1 unspecified atom stereocenters. The van der Waals surface area contributed by atoms with Crippen LogP contribution in [-0.2, 0) is 9.47 Å². The minimum absolute atomic E-state index is 0.00757. The number of morpholine rings is 1. The predicted molar refractivity (Wildman–Crippen MR) is 185 cm³/mol. The minimum atomic E-state index is -1.32. The van der Waals surface area contributed by atoms with Gasteiger partial charge in [0.25, 0.3) is 5.69 Å². The highest BCUT2D eigenvalue weighted by Crippen LogP contribution is 2.51. The standard InChI is InChI=1S/C36H37F3N6O8/c1-50-18-53-22-10-19-2-5-26(37)30(38)28(19)24(11-22)29-27(45(48)49)12-25-32(31(29)39)41-34(52-17-36(6-7-36)13-23-14-40-8-9-51-23)42-33(25)43-15-20-3-4-21(16-43)44(20)35(46)47/h2,5,10-12,20-21,23,40H,3-4,6-9,13-18H2,1H3,(H,46,47)/t20-,21+,23?. The van der Waals surface area contributed by atoms with Crippen LogP contribution in [0.15, 0.2) is 30.3 Å². The van der Waals surface area contributed by atoms with E-state index in [1.807, 2.05) is 0 Å². The average Bonchev–Trinajstić information content (AvgIpc) is 3.85. The number of methoxy groups -OCH3 is 1. The summed E-state index contributed by atoms with van der Waals surface area (Å²) in [7, 11) is 1.38. The molecule has 4 fully saturated rings. The lowest BCUT2D eigenvalue weighted by Gasteiger charge is -2.40. The minimum Gasteiger partial charge on any atom is -0.468 e. The Morgan fingerprint density at radius 3 is 2.55 bits per heavy atom. The van der Waals surface area contributed by atoms with E-state index < -0.39 is 45.1 Å². The summed E-state index contributed by atoms with van der Waals surface area (Å²) in [6, 6.07) is 4.95. The van der Waals surface area contributed by atoms with Crippen molar-refractivity contribution in [2.45, 2.75) is 50.3 Å². The van der Waals surface area contributed by atoms with E-state index in [1.54, 1.807) is 4.90 Å². The van der Waals surface area contributed by atoms with Crippen LogP contribution in [0.3, 0.4) is 0 Å². The highest BCUT2D eigenvalue weighted by molar-refractivity contribution is 6.04. The van der Waals surface area contributed by atoms with Gasteiger partial charge in [-0.3, -0.25) is 15.0 Å². The number of halogens is 3. The molecular formula is C36H37F3N6O8. The molecule has 3 aliphatic heterocycles. The Balaban J connectivity index is 1.28. The fourth-order valence-electron chi connectivity index (χ4n) is 8.08. The van der Waals surface area contributed by atoms with Gasteiger partial charge in [-0.1, -0.05) is 6.07 Å². The highest BCUT2D eigenvalue weighted by Gasteiger charge is 2.47. The Bertz CT molecular complexity index is 2100. The van der Waals surface area contributed by atoms with Crippen molar-refractivity contribution in [3.8, 4) is 22.9 Å². The second-order valence-corrected chi connectivity index (χ2v) is 14.2. The lowest BCUT2D eigenvalue weighted by Crippen LogP contribution is -2.55. The van der Waals surface area contributed by atoms with Crippen LogP contribution in [0.25, 0.3) is 32.8 Å². The Morgan fingerprint density at radius 1 is 1.11 bits per heavy atom. The molecule has 4 aromatic rings. The first-order valence-electron chi connectivity index (χ1n) is 17.5. The first-order valence-corrected chi connectivity index (χ1v) is 17.5. The molecule has 0 radical (unpaired) electrons. The highest BCUT2D eigenvalue weighted by atomic mass is 19.2. The summed E-state index contributed by atoms with van der Waals surface area (Å²) >= 11 is 0. The van der Waals surface area contributed by atoms with Crippen LogP contribution in [0.1, 0.15) is 32.1 Å². The third kappa shape index (κ3) is 6.50. The first kappa shape index (κ1) is 35.1. The maximum atomic E-state index is 17.3. The number of hydrogen-bond donors (Lipinski definition) is 2. The Kier molecular flexibility index (Phi) is 9.10. The van der Waals surface area contributed by atoms with Gasteiger partial charge in [0, 0.05) is 55.7 Å². The zero-order valence-corrected chi connectivity index (χ0v) is 28.8. The van der Waals surface area contributed by atoms with E-state index in [2.05, 4.69) is 15.3 Å². The first-order chi connectivity index (χ1) is 25.6. The van der Waals surface area contributed by atoms with E-state index in [1.165, 1.54) is 30.2 Å². The molecule has 17 heteroatoms. The zero-order valence-electron chi connectivity index (χ0n) is 28.8. The molecule has 280 valence electrons. The number of piperazine rings is 1. The quantitative estimate of drug-likeness (QED) is 0.111. The predicted octanol–water partition coefficient (Wildman–Crippen LogP) is 5.63. The maximum Gasteiger partial charge on any atom is 0.407 e. The van der Waals surface area contributed by atoms with Crippen LogP contribution in [0.5, 0.6) is 11.8 Å². The van der Waals surface area contributed by atoms with Gasteiger partial charge in [-0.25, -0.2) is 18.0 Å². The van der Waals surface area contributed by atoms with Crippen LogP contribution < -0.4 is 19.7 Å². The number of hydrogen-bond acceptors (Lipinski definition) is 11. The third-order valence-electron chi connectivity index (χ3n) is 10.8. The molecule has 53 heavy (non-hydrogen) atoms. The van der Waals surface area contributed by atoms with Crippen LogP contribution in [0.2, 0.25) is 0 Å². The van der Waals surface area contributed by atoms with Gasteiger partial charge in [0.1, 0.15) is 17.1 Å². The molecule has 14 nitrogen and oxygen atoms in total. The van der Waals surface area contributed by atoms with Gasteiger partial charge in [-0.15, -0.1) is 0 Å². The zero-order chi connectivity index (χ0) is 37.0. The van der Waals surface area contributed by atoms with Gasteiger partial charge in [-0.2, -0.15) is 9.97 Å². The molecule has 3 atom stereocenters. The number of anilines is 1. The lowest BCUT2D eigenvalue weighted by molar-refractivity contribution is -0.384. The second kappa shape index (κ2) is 13.8. The Hall–Kier alpha value is -5.00. The summed E-state index contributed by atoms with van der Waals surface area (Å²) in [5.41, 5.74) is -2.24. The van der Waals surface area contributed by atoms with E-state index in [0.717, 1.165) is 37.9 Å². The summed E-state index contributed by atoms with van der Waals surface area (Å²) < 4.78 is 70.3. The molecule has 1 amide bonds. The molecule has 3 saturated heterocycles. The van der Waals surface area contributed by atoms with Crippen molar-refractivity contribution in [3.05, 3.63) is 57.9 Å². The van der Waals surface area contributed by atoms with Gasteiger partial charge < -0.3 is 34.3 Å². The number of ether oxygens (including phenoxy) is 4. The summed E-state index contributed by atoms with van der Waals surface area (Å²) in [4.78, 5) is 36.4. The number of rotatable bonds is 11. The number of nitro benzene ring substituents is 1. The van der Waals surface area contributed by atoms with Crippen molar-refractivity contribution in [3.63, 3.8) is 0 Å². The van der Waals surface area contributed by atoms with E-state index in [4.69, 9.17) is 18.9 Å². The second-order valence-electron chi connectivity index (χ2n) is 14.2. The molecule has 8 rings (SSSR count). The van der Waals surface area contributed by atoms with Crippen molar-refractivity contribution in [2.75, 3.05) is 58.2 Å². The van der Waals surface area contributed by atoms with E-state index in [-0.39, 0.29) is 89.5 Å². The molecule has 2 bridgehead atoms. The summed E-state index contributed by atoms with van der Waals surface area (Å²) in [6.07, 6.45) is 2.69. The summed E-state index contributed by atoms with van der Waals surface area (Å²) in [5, 5.41) is 25.7. The molecule has 4 heterocycles. The van der Waals surface area contributed by atoms with Crippen LogP contribution in [-0.4, -0.2) is 102 Å². The SMILES string of the molecule is COCOc1cc(-c2c([N+](=O)[O-])cc3c(N4C[C@H]5CC[C@@H](C4)N5C(=O)O)nc(OCC4(CC5CNCCO5)CC4)nc3c2F)c2c(F)c(F)ccc2c1. The Morgan fingerprint density at radius 2 is 1.89 bits per heavy atom. The molecule has 2 N–H and O–H groups in total. The van der Waals surface area contributed by atoms with Crippen LogP contribution in [0, 0.1) is 33.0 Å². The van der Waals surface area contributed by atoms with Crippen LogP contribution >= 0.6 is 0 Å². The summed E-state index contributed by atoms with van der Waals surface area (Å²) in [5.74, 6) is -3.52. The fraction of sp³-hybridized carbons (Fsp3) is 0.472. The maximum absolute atomic E-state index is 17.3. The molecule has 1 aliphatic carbocycles. The Labute approximate surface area is 300 Å². The fourth-order valence-corrected chi connectivity index (χ4v) is 8.08. The van der Waals surface area contributed by atoms with Gasteiger partial charge in [-0.05, 0) is 55.7 Å². The molecule has 4 aliphatic rings. The molecular weight excluding hydrogens is 701 g/mol. The number of amides is 1. The van der Waals surface area contributed by atoms with Gasteiger partial charge in [0.15, 0.2) is 24.2 Å². The topological polar surface area (TPSA) is 162 Å². The van der Waals surface area contributed by atoms with E-state index in [0.29, 0.717) is 26.0 Å². The monoisotopic (exact) mass is 738 g/mol. The van der Waals surface area contributed by atoms with Crippen LogP contribution in [0.4, 0.5) is 29.5 Å². The average molecular weight is 739 g/mol. The molecule has 0 spiro atoms. The van der Waals surface area contributed by atoms with Crippen molar-refractivity contribution in [1.82, 2.24) is 20.2 Å². The van der Waals surface area contributed by atoms with Crippen molar-refractivity contribution in [2.24, 2.45) is 5.41 Å². The number of carbonyl (C=O) groups is 1. The van der Waals surface area contributed by atoms with Crippen molar-refractivity contribution >= 4 is 39.3 Å². The smallest absolute Gasteiger partial charge is 0.407 e. The summed E-state index contributed by atoms with van der Waals surface area (Å²) in [6.45, 7) is 2.49. The molecule has 1 saturated carbocycles. The largest absolute Gasteiger partial charge is 0.468 e. The number of fused-ring (bicyclic) bond motifs is 4. The number of nitrogens with one attached hydrogen (secondary N) is 1. The van der Waals surface area contributed by atoms with Crippen molar-refractivity contribution in [1.29, 1.82) is 0 Å². The normalized spacial score (nSPS) is 22.0. The number of aromatic nitrogens is 2. The van der Waals surface area contributed by atoms with E-state index >= 15 is 8.78 Å². The van der Waals surface area contributed by atoms with Gasteiger partial charge in [0.2, 0.25) is 0 Å². The number of nitrogens with zero attached hydrogens (tertiary/aromatic N) is 5. The molecule has 3 aromatic carbocycles. The number of carboxylic acid groups (broad SMARTS) is 1. The van der Waals surface area contributed by atoms with Gasteiger partial charge >= 0.3 is 12.1 Å². The molecule has 1 aromatic heterocycles. The lowest BCUT2D eigenvalue weighted by atomic mass is 9.94. The number of nitro groups is 1. The van der Waals surface area contributed by atoms with E-state index in [9.17, 15) is 24.4 Å². The van der Waals surface area contributed by atoms with Crippen molar-refractivity contribution < 1.29 is 46.9 Å². The van der Waals surface area contributed by atoms with Gasteiger partial charge in [0.05, 0.1) is 47.3 Å². The number of benzene rings is 3. The third-order valence-corrected chi connectivity index (χ3v) is 10.8.